The zero-order chi connectivity index (χ0) is 6.85. The van der Waals surface area contributed by atoms with Crippen LogP contribution < -0.4 is 0 Å². The summed E-state index contributed by atoms with van der Waals surface area (Å²) < 4.78 is 4.84. The minimum absolute atomic E-state index is 0.260. The molecule has 3 nitrogen and oxygen atoms in total. The summed E-state index contributed by atoms with van der Waals surface area (Å²) in [6.45, 7) is 3.56. The Morgan fingerprint density at radius 1 is 1.33 bits per heavy atom. The van der Waals surface area contributed by atoms with E-state index < -0.39 is 12.4 Å². The molecule has 1 rings (SSSR count). The minimum atomic E-state index is -0.823. The lowest BCUT2D eigenvalue weighted by molar-refractivity contribution is -0.176. The molecule has 9 heavy (non-hydrogen) atoms. The van der Waals surface area contributed by atoms with Crippen LogP contribution in [-0.4, -0.2) is 28.7 Å². The molecule has 3 atom stereocenters. The highest BCUT2D eigenvalue weighted by molar-refractivity contribution is 4.73. The SMILES string of the molecule is [CH2][C@H]1C[C@@H](O)CC(O)O1. The molecule has 0 aromatic rings. The summed E-state index contributed by atoms with van der Waals surface area (Å²) >= 11 is 0. The minimum Gasteiger partial charge on any atom is -0.393 e. The molecular formula is C6H11O3. The van der Waals surface area contributed by atoms with E-state index in [1.807, 2.05) is 0 Å². The second kappa shape index (κ2) is 2.64. The molecule has 1 aliphatic heterocycles. The molecule has 0 saturated carbocycles. The molecule has 0 bridgehead atoms. The largest absolute Gasteiger partial charge is 0.393 e. The van der Waals surface area contributed by atoms with Crippen LogP contribution in [0.15, 0.2) is 0 Å². The van der Waals surface area contributed by atoms with Crippen LogP contribution in [0.25, 0.3) is 0 Å². The first kappa shape index (κ1) is 6.99. The molecule has 1 unspecified atom stereocenters. The van der Waals surface area contributed by atoms with Crippen LogP contribution in [0.3, 0.4) is 0 Å². The molecular weight excluding hydrogens is 120 g/mol. The smallest absolute Gasteiger partial charge is 0.157 e. The van der Waals surface area contributed by atoms with E-state index >= 15 is 0 Å². The van der Waals surface area contributed by atoms with Crippen LogP contribution >= 0.6 is 0 Å². The van der Waals surface area contributed by atoms with Gasteiger partial charge in [0.2, 0.25) is 0 Å². The summed E-state index contributed by atoms with van der Waals surface area (Å²) in [7, 11) is 0. The zero-order valence-corrected chi connectivity index (χ0v) is 5.16. The maximum absolute atomic E-state index is 8.97. The van der Waals surface area contributed by atoms with Crippen molar-refractivity contribution in [3.63, 3.8) is 0 Å². The molecule has 1 radical (unpaired) electrons. The van der Waals surface area contributed by atoms with E-state index in [9.17, 15) is 0 Å². The Balaban J connectivity index is 2.34. The first-order valence-corrected chi connectivity index (χ1v) is 3.03. The van der Waals surface area contributed by atoms with Gasteiger partial charge in [0.05, 0.1) is 12.2 Å². The van der Waals surface area contributed by atoms with Gasteiger partial charge in [-0.15, -0.1) is 0 Å². The van der Waals surface area contributed by atoms with Crippen molar-refractivity contribution in [3.05, 3.63) is 6.92 Å². The molecule has 2 N–H and O–H groups in total. The molecule has 0 amide bonds. The van der Waals surface area contributed by atoms with Gasteiger partial charge >= 0.3 is 0 Å². The third-order valence-corrected chi connectivity index (χ3v) is 1.36. The lowest BCUT2D eigenvalue weighted by Gasteiger charge is -2.27. The third-order valence-electron chi connectivity index (χ3n) is 1.36. The van der Waals surface area contributed by atoms with E-state index in [2.05, 4.69) is 6.92 Å². The molecule has 1 heterocycles. The molecule has 0 spiro atoms. The molecule has 0 aromatic heterocycles. The predicted molar refractivity (Wildman–Crippen MR) is 31.5 cm³/mol. The fourth-order valence-corrected chi connectivity index (χ4v) is 0.966. The second-order valence-corrected chi connectivity index (χ2v) is 2.34. The van der Waals surface area contributed by atoms with Crippen molar-refractivity contribution in [2.75, 3.05) is 0 Å². The van der Waals surface area contributed by atoms with Gasteiger partial charge in [-0.1, -0.05) is 0 Å². The Kier molecular flexibility index (Phi) is 2.05. The highest BCUT2D eigenvalue weighted by Gasteiger charge is 2.23. The van der Waals surface area contributed by atoms with Crippen molar-refractivity contribution >= 4 is 0 Å². The van der Waals surface area contributed by atoms with Crippen LogP contribution in [0.2, 0.25) is 0 Å². The Labute approximate surface area is 54.3 Å². The highest BCUT2D eigenvalue weighted by Crippen LogP contribution is 2.16. The zero-order valence-electron chi connectivity index (χ0n) is 5.16. The van der Waals surface area contributed by atoms with Crippen molar-refractivity contribution in [3.8, 4) is 0 Å². The molecule has 1 fully saturated rings. The number of hydrogen-bond acceptors (Lipinski definition) is 3. The lowest BCUT2D eigenvalue weighted by atomic mass is 10.1. The van der Waals surface area contributed by atoms with Crippen LogP contribution in [0.1, 0.15) is 12.8 Å². The van der Waals surface area contributed by atoms with E-state index in [1.54, 1.807) is 0 Å². The maximum atomic E-state index is 8.97. The average molecular weight is 131 g/mol. The summed E-state index contributed by atoms with van der Waals surface area (Å²) in [5, 5.41) is 17.8. The number of hydrogen-bond donors (Lipinski definition) is 2. The molecule has 3 heteroatoms. The Hall–Kier alpha value is -0.120. The Morgan fingerprint density at radius 2 is 2.00 bits per heavy atom. The van der Waals surface area contributed by atoms with E-state index in [1.165, 1.54) is 0 Å². The Morgan fingerprint density at radius 3 is 2.44 bits per heavy atom. The van der Waals surface area contributed by atoms with Crippen LogP contribution in [0.4, 0.5) is 0 Å². The van der Waals surface area contributed by atoms with Crippen molar-refractivity contribution in [2.45, 2.75) is 31.3 Å². The van der Waals surface area contributed by atoms with Gasteiger partial charge in [0.25, 0.3) is 0 Å². The number of aliphatic hydroxyl groups excluding tert-OH is 2. The molecule has 1 saturated heterocycles. The van der Waals surface area contributed by atoms with Gasteiger partial charge in [-0.3, -0.25) is 0 Å². The van der Waals surface area contributed by atoms with E-state index in [0.29, 0.717) is 12.8 Å². The lowest BCUT2D eigenvalue weighted by Crippen LogP contribution is -2.33. The van der Waals surface area contributed by atoms with Gasteiger partial charge in [-0.2, -0.15) is 0 Å². The maximum Gasteiger partial charge on any atom is 0.157 e. The van der Waals surface area contributed by atoms with Gasteiger partial charge < -0.3 is 14.9 Å². The van der Waals surface area contributed by atoms with Crippen LogP contribution in [0, 0.1) is 6.92 Å². The number of aliphatic hydroxyl groups is 2. The average Bonchev–Trinajstić information content (AvgIpc) is 1.59. The third kappa shape index (κ3) is 1.93. The topological polar surface area (TPSA) is 49.7 Å². The van der Waals surface area contributed by atoms with Crippen molar-refractivity contribution in [1.29, 1.82) is 0 Å². The Bertz CT molecular complexity index is 69.3. The number of rotatable bonds is 0. The van der Waals surface area contributed by atoms with Crippen LogP contribution in [-0.2, 0) is 4.74 Å². The van der Waals surface area contributed by atoms with E-state index in [4.69, 9.17) is 14.9 Å². The van der Waals surface area contributed by atoms with Crippen molar-refractivity contribution in [2.24, 2.45) is 0 Å². The summed E-state index contributed by atoms with van der Waals surface area (Å²) in [5.74, 6) is 0. The van der Waals surface area contributed by atoms with Gasteiger partial charge in [-0.25, -0.2) is 0 Å². The second-order valence-electron chi connectivity index (χ2n) is 2.34. The first-order valence-electron chi connectivity index (χ1n) is 3.03. The molecule has 0 aliphatic carbocycles. The predicted octanol–water partition coefficient (Wildman–Crippen LogP) is -0.321. The van der Waals surface area contributed by atoms with E-state index in [-0.39, 0.29) is 6.10 Å². The molecule has 53 valence electrons. The molecule has 1 aliphatic rings. The quantitative estimate of drug-likeness (QED) is 0.473. The highest BCUT2D eigenvalue weighted by atomic mass is 16.6. The monoisotopic (exact) mass is 131 g/mol. The van der Waals surface area contributed by atoms with Gasteiger partial charge in [-0.05, 0) is 13.3 Å². The number of ether oxygens (including phenoxy) is 1. The standard InChI is InChI=1S/C6H11O3/c1-4-2-5(7)3-6(8)9-4/h4-8H,1-3H2/t4-,5+,6?/m0/s1. The fourth-order valence-electron chi connectivity index (χ4n) is 0.966. The fraction of sp³-hybridized carbons (Fsp3) is 0.833. The van der Waals surface area contributed by atoms with Crippen LogP contribution in [0.5, 0.6) is 0 Å². The van der Waals surface area contributed by atoms with Crippen molar-refractivity contribution < 1.29 is 14.9 Å². The molecule has 0 aromatic carbocycles. The summed E-state index contributed by atoms with van der Waals surface area (Å²) in [5.41, 5.74) is 0. The summed E-state index contributed by atoms with van der Waals surface area (Å²) in [6, 6.07) is 0. The van der Waals surface area contributed by atoms with E-state index in [0.717, 1.165) is 0 Å². The van der Waals surface area contributed by atoms with Gasteiger partial charge in [0.15, 0.2) is 6.29 Å². The summed E-state index contributed by atoms with van der Waals surface area (Å²) in [6.07, 6.45) is -0.695. The van der Waals surface area contributed by atoms with Gasteiger partial charge in [0.1, 0.15) is 0 Å². The summed E-state index contributed by atoms with van der Waals surface area (Å²) in [4.78, 5) is 0. The first-order chi connectivity index (χ1) is 4.18. The normalized spacial score (nSPS) is 45.0. The van der Waals surface area contributed by atoms with Gasteiger partial charge in [0, 0.05) is 6.42 Å². The van der Waals surface area contributed by atoms with Crippen molar-refractivity contribution in [1.82, 2.24) is 0 Å².